The van der Waals surface area contributed by atoms with Gasteiger partial charge in [0.2, 0.25) is 11.7 Å². The van der Waals surface area contributed by atoms with Gasteiger partial charge in [0.05, 0.1) is 13.2 Å². The molecule has 0 saturated heterocycles. The van der Waals surface area contributed by atoms with Gasteiger partial charge < -0.3 is 4.52 Å². The third-order valence-corrected chi connectivity index (χ3v) is 3.66. The maximum atomic E-state index is 12.5. The van der Waals surface area contributed by atoms with E-state index in [0.29, 0.717) is 12.2 Å². The highest BCUT2D eigenvalue weighted by Gasteiger charge is 2.38. The predicted octanol–water partition coefficient (Wildman–Crippen LogP) is 3.45. The minimum Gasteiger partial charge on any atom is -0.329 e. The highest BCUT2D eigenvalue weighted by molar-refractivity contribution is 5.80. The van der Waals surface area contributed by atoms with Crippen molar-refractivity contribution < 1.29 is 27.3 Å². The van der Waals surface area contributed by atoms with E-state index in [1.54, 1.807) is 31.2 Å². The second-order valence-corrected chi connectivity index (χ2v) is 5.68. The Morgan fingerprint density at radius 2 is 2.00 bits per heavy atom. The molecule has 134 valence electrons. The summed E-state index contributed by atoms with van der Waals surface area (Å²) in [4.78, 5) is 20.9. The standard InChI is InChI=1S/C16H16F3N3O3/c1-2-24-22(14(23)12-7-8-12)9-10-3-5-11(6-4-10)13-20-15(25-21-13)16(17,18)19/h3-6,12H,2,7-9H2,1H3. The first kappa shape index (κ1) is 17.4. The Bertz CT molecular complexity index is 739. The van der Waals surface area contributed by atoms with Gasteiger partial charge >= 0.3 is 12.1 Å². The second-order valence-electron chi connectivity index (χ2n) is 5.68. The molecule has 0 radical (unpaired) electrons. The zero-order chi connectivity index (χ0) is 18.0. The average molecular weight is 355 g/mol. The summed E-state index contributed by atoms with van der Waals surface area (Å²) in [5, 5.41) is 4.67. The number of alkyl halides is 3. The Morgan fingerprint density at radius 1 is 1.32 bits per heavy atom. The molecule has 6 nitrogen and oxygen atoms in total. The van der Waals surface area contributed by atoms with E-state index >= 15 is 0 Å². The summed E-state index contributed by atoms with van der Waals surface area (Å²) in [5.41, 5.74) is 1.17. The number of nitrogens with zero attached hydrogens (tertiary/aromatic N) is 3. The van der Waals surface area contributed by atoms with Crippen molar-refractivity contribution in [2.45, 2.75) is 32.5 Å². The van der Waals surface area contributed by atoms with Crippen molar-refractivity contribution in [2.24, 2.45) is 5.92 Å². The predicted molar refractivity (Wildman–Crippen MR) is 79.6 cm³/mol. The van der Waals surface area contributed by atoms with E-state index in [-0.39, 0.29) is 24.2 Å². The molecule has 3 rings (SSSR count). The lowest BCUT2D eigenvalue weighted by Gasteiger charge is -2.21. The number of hydrogen-bond donors (Lipinski definition) is 0. The number of aromatic nitrogens is 2. The van der Waals surface area contributed by atoms with Crippen molar-refractivity contribution in [1.29, 1.82) is 0 Å². The molecule has 0 N–H and O–H groups in total. The molecule has 1 heterocycles. The van der Waals surface area contributed by atoms with Gasteiger partial charge in [0, 0.05) is 11.5 Å². The van der Waals surface area contributed by atoms with E-state index in [9.17, 15) is 18.0 Å². The molecule has 0 atom stereocenters. The molecule has 1 amide bonds. The smallest absolute Gasteiger partial charge is 0.329 e. The van der Waals surface area contributed by atoms with E-state index in [0.717, 1.165) is 18.4 Å². The molecule has 25 heavy (non-hydrogen) atoms. The Labute approximate surface area is 141 Å². The van der Waals surface area contributed by atoms with Crippen molar-refractivity contribution in [3.63, 3.8) is 0 Å². The van der Waals surface area contributed by atoms with Gasteiger partial charge in [0.1, 0.15) is 0 Å². The summed E-state index contributed by atoms with van der Waals surface area (Å²) in [7, 11) is 0. The monoisotopic (exact) mass is 355 g/mol. The van der Waals surface area contributed by atoms with Gasteiger partial charge in [-0.1, -0.05) is 29.4 Å². The Balaban J connectivity index is 1.71. The molecule has 1 aliphatic rings. The molecule has 9 heteroatoms. The number of hydroxylamine groups is 2. The van der Waals surface area contributed by atoms with Crippen molar-refractivity contribution >= 4 is 5.91 Å². The number of carbonyl (C=O) groups excluding carboxylic acids is 1. The molecule has 0 bridgehead atoms. The molecule has 1 aromatic carbocycles. The molecule has 1 aromatic heterocycles. The second kappa shape index (κ2) is 6.83. The summed E-state index contributed by atoms with van der Waals surface area (Å²) in [6, 6.07) is 6.52. The van der Waals surface area contributed by atoms with Crippen LogP contribution in [0, 0.1) is 5.92 Å². The molecule has 0 unspecified atom stereocenters. The summed E-state index contributed by atoms with van der Waals surface area (Å²) in [6.45, 7) is 2.44. The fraction of sp³-hybridized carbons (Fsp3) is 0.438. The third-order valence-electron chi connectivity index (χ3n) is 3.66. The van der Waals surface area contributed by atoms with Crippen LogP contribution in [0.4, 0.5) is 13.2 Å². The first-order valence-corrected chi connectivity index (χ1v) is 7.83. The molecule has 0 spiro atoms. The van der Waals surface area contributed by atoms with E-state index in [1.165, 1.54) is 5.06 Å². The number of amides is 1. The van der Waals surface area contributed by atoms with Crippen LogP contribution in [0.2, 0.25) is 0 Å². The minimum atomic E-state index is -4.67. The van der Waals surface area contributed by atoms with Crippen molar-refractivity contribution in [3.8, 4) is 11.4 Å². The Kier molecular flexibility index (Phi) is 4.76. The lowest BCUT2D eigenvalue weighted by atomic mass is 10.1. The molecular weight excluding hydrogens is 339 g/mol. The van der Waals surface area contributed by atoms with Gasteiger partial charge in [-0.05, 0) is 25.3 Å². The molecule has 1 fully saturated rings. The van der Waals surface area contributed by atoms with Gasteiger partial charge in [-0.2, -0.15) is 18.2 Å². The van der Waals surface area contributed by atoms with E-state index in [2.05, 4.69) is 14.7 Å². The summed E-state index contributed by atoms with van der Waals surface area (Å²) in [5.74, 6) is -1.54. The van der Waals surface area contributed by atoms with Crippen LogP contribution in [0.25, 0.3) is 11.4 Å². The molecular formula is C16H16F3N3O3. The summed E-state index contributed by atoms with van der Waals surface area (Å²) in [6.07, 6.45) is -2.92. The van der Waals surface area contributed by atoms with Gasteiger partial charge in [0.25, 0.3) is 0 Å². The van der Waals surface area contributed by atoms with Crippen LogP contribution < -0.4 is 0 Å². The molecule has 1 aliphatic carbocycles. The molecule has 1 saturated carbocycles. The van der Waals surface area contributed by atoms with Crippen LogP contribution in [0.3, 0.4) is 0 Å². The highest BCUT2D eigenvalue weighted by atomic mass is 19.4. The first-order valence-electron chi connectivity index (χ1n) is 7.83. The van der Waals surface area contributed by atoms with E-state index in [1.807, 2.05) is 0 Å². The van der Waals surface area contributed by atoms with Gasteiger partial charge in [-0.25, -0.2) is 5.06 Å². The van der Waals surface area contributed by atoms with Crippen LogP contribution in [0.5, 0.6) is 0 Å². The molecule has 2 aromatic rings. The lowest BCUT2D eigenvalue weighted by Crippen LogP contribution is -2.31. The Hall–Kier alpha value is -2.42. The van der Waals surface area contributed by atoms with Crippen LogP contribution in [0.1, 0.15) is 31.2 Å². The number of hydrogen-bond acceptors (Lipinski definition) is 5. The zero-order valence-corrected chi connectivity index (χ0v) is 13.4. The number of rotatable bonds is 6. The summed E-state index contributed by atoms with van der Waals surface area (Å²) < 4.78 is 41.7. The highest BCUT2D eigenvalue weighted by Crippen LogP contribution is 2.32. The first-order chi connectivity index (χ1) is 11.9. The average Bonchev–Trinajstić information content (AvgIpc) is 3.29. The topological polar surface area (TPSA) is 68.5 Å². The van der Waals surface area contributed by atoms with Crippen LogP contribution >= 0.6 is 0 Å². The fourth-order valence-corrected chi connectivity index (χ4v) is 2.26. The van der Waals surface area contributed by atoms with Crippen molar-refractivity contribution in [1.82, 2.24) is 15.2 Å². The maximum Gasteiger partial charge on any atom is 0.471 e. The van der Waals surface area contributed by atoms with Gasteiger partial charge in [-0.3, -0.25) is 9.63 Å². The zero-order valence-electron chi connectivity index (χ0n) is 13.4. The number of halogens is 3. The fourth-order valence-electron chi connectivity index (χ4n) is 2.26. The largest absolute Gasteiger partial charge is 0.471 e. The normalized spacial score (nSPS) is 14.6. The Morgan fingerprint density at radius 3 is 2.52 bits per heavy atom. The van der Waals surface area contributed by atoms with E-state index < -0.39 is 12.1 Å². The quantitative estimate of drug-likeness (QED) is 0.743. The molecule has 0 aliphatic heterocycles. The number of benzene rings is 1. The summed E-state index contributed by atoms with van der Waals surface area (Å²) >= 11 is 0. The maximum absolute atomic E-state index is 12.5. The van der Waals surface area contributed by atoms with Gasteiger partial charge in [-0.15, -0.1) is 0 Å². The van der Waals surface area contributed by atoms with E-state index in [4.69, 9.17) is 4.84 Å². The minimum absolute atomic E-state index is 0.0333. The van der Waals surface area contributed by atoms with Crippen LogP contribution in [0.15, 0.2) is 28.8 Å². The lowest BCUT2D eigenvalue weighted by molar-refractivity contribution is -0.190. The number of carbonyl (C=O) groups is 1. The van der Waals surface area contributed by atoms with Gasteiger partial charge in [0.15, 0.2) is 0 Å². The van der Waals surface area contributed by atoms with Crippen molar-refractivity contribution in [2.75, 3.05) is 6.61 Å². The van der Waals surface area contributed by atoms with Crippen LogP contribution in [-0.4, -0.2) is 27.7 Å². The SMILES string of the molecule is CCON(Cc1ccc(-c2noc(C(F)(F)F)n2)cc1)C(=O)C1CC1. The third kappa shape index (κ3) is 4.16. The van der Waals surface area contributed by atoms with Crippen LogP contribution in [-0.2, 0) is 22.4 Å². The van der Waals surface area contributed by atoms with Crippen molar-refractivity contribution in [3.05, 3.63) is 35.7 Å².